The van der Waals surface area contributed by atoms with E-state index in [2.05, 4.69) is 10.1 Å². The molecule has 1 amide bonds. The van der Waals surface area contributed by atoms with Gasteiger partial charge in [0.15, 0.2) is 12.2 Å². The van der Waals surface area contributed by atoms with E-state index in [-0.39, 0.29) is 0 Å². The molecule has 1 unspecified atom stereocenters. The molecular formula is C22H31NO13. The van der Waals surface area contributed by atoms with Gasteiger partial charge in [-0.2, -0.15) is 0 Å². The average Bonchev–Trinajstić information content (AvgIpc) is 2.79. The molecule has 0 bridgehead atoms. The SMILES string of the molecule is COC(=O)/C=C/[C@@H](OC(C)=O)[C@@H](OC(C)=O)C1O[C@](OC)(C(=O)OC)C[C@@H](OC(C)=O)[C@H]1NC(C)=O. The molecule has 6 atom stereocenters. The van der Waals surface area contributed by atoms with Crippen molar-refractivity contribution in [1.82, 2.24) is 5.32 Å². The van der Waals surface area contributed by atoms with Gasteiger partial charge in [-0.3, -0.25) is 19.2 Å². The third-order valence-electron chi connectivity index (χ3n) is 4.94. The molecule has 0 aromatic rings. The predicted octanol–water partition coefficient (Wildman–Crippen LogP) is -0.680. The summed E-state index contributed by atoms with van der Waals surface area (Å²) in [5.74, 6) is -7.09. The van der Waals surface area contributed by atoms with Crippen LogP contribution >= 0.6 is 0 Å². The van der Waals surface area contributed by atoms with E-state index in [1.807, 2.05) is 0 Å². The lowest BCUT2D eigenvalue weighted by Crippen LogP contribution is -2.68. The van der Waals surface area contributed by atoms with Crippen molar-refractivity contribution in [1.29, 1.82) is 0 Å². The molecule has 1 aliphatic rings. The molecule has 1 fully saturated rings. The van der Waals surface area contributed by atoms with Crippen LogP contribution in [0.1, 0.15) is 34.1 Å². The highest BCUT2D eigenvalue weighted by Crippen LogP contribution is 2.36. The zero-order valence-electron chi connectivity index (χ0n) is 21.1. The second kappa shape index (κ2) is 13.5. The number of ether oxygens (including phenoxy) is 7. The molecule has 36 heavy (non-hydrogen) atoms. The lowest BCUT2D eigenvalue weighted by atomic mass is 9.87. The fourth-order valence-electron chi connectivity index (χ4n) is 3.62. The average molecular weight is 517 g/mol. The van der Waals surface area contributed by atoms with Gasteiger partial charge in [0.1, 0.15) is 12.2 Å². The highest BCUT2D eigenvalue weighted by Gasteiger charge is 2.58. The largest absolute Gasteiger partial charge is 0.466 e. The predicted molar refractivity (Wildman–Crippen MR) is 117 cm³/mol. The molecule has 202 valence electrons. The normalized spacial score (nSPS) is 25.1. The minimum atomic E-state index is -2.18. The number of hydrogen-bond acceptors (Lipinski definition) is 13. The highest BCUT2D eigenvalue weighted by atomic mass is 16.7. The molecule has 0 aliphatic carbocycles. The highest BCUT2D eigenvalue weighted by molar-refractivity contribution is 5.82. The van der Waals surface area contributed by atoms with Crippen molar-refractivity contribution in [2.45, 2.75) is 70.4 Å². The van der Waals surface area contributed by atoms with Crippen molar-refractivity contribution >= 4 is 35.8 Å². The zero-order chi connectivity index (χ0) is 27.6. The Morgan fingerprint density at radius 2 is 1.53 bits per heavy atom. The van der Waals surface area contributed by atoms with E-state index in [4.69, 9.17) is 28.4 Å². The summed E-state index contributed by atoms with van der Waals surface area (Å²) in [5, 5.41) is 2.55. The van der Waals surface area contributed by atoms with Crippen molar-refractivity contribution in [2.24, 2.45) is 0 Å². The zero-order valence-corrected chi connectivity index (χ0v) is 21.1. The fraction of sp³-hybridized carbons (Fsp3) is 0.636. The fourth-order valence-corrected chi connectivity index (χ4v) is 3.62. The lowest BCUT2D eigenvalue weighted by molar-refractivity contribution is -0.305. The van der Waals surface area contributed by atoms with Gasteiger partial charge in [-0.15, -0.1) is 0 Å². The number of nitrogens with one attached hydrogen (secondary N) is 1. The van der Waals surface area contributed by atoms with Crippen LogP contribution in [0.25, 0.3) is 0 Å². The third kappa shape index (κ3) is 8.30. The summed E-state index contributed by atoms with van der Waals surface area (Å²) in [6.45, 7) is 4.38. The second-order valence-electron chi connectivity index (χ2n) is 7.64. The topological polar surface area (TPSA) is 179 Å². The number of methoxy groups -OCH3 is 3. The van der Waals surface area contributed by atoms with Crippen LogP contribution in [-0.4, -0.2) is 93.3 Å². The lowest BCUT2D eigenvalue weighted by Gasteiger charge is -2.48. The molecule has 1 aliphatic heterocycles. The van der Waals surface area contributed by atoms with Crippen molar-refractivity contribution in [3.05, 3.63) is 12.2 Å². The quantitative estimate of drug-likeness (QED) is 0.219. The van der Waals surface area contributed by atoms with E-state index >= 15 is 0 Å². The summed E-state index contributed by atoms with van der Waals surface area (Å²) in [6, 6.07) is -1.24. The van der Waals surface area contributed by atoms with Gasteiger partial charge in [0.05, 0.1) is 26.7 Å². The first kappa shape index (κ1) is 30.5. The summed E-state index contributed by atoms with van der Waals surface area (Å²) < 4.78 is 36.6. The molecule has 0 saturated carbocycles. The van der Waals surface area contributed by atoms with Crippen LogP contribution in [0.4, 0.5) is 0 Å². The summed E-state index contributed by atoms with van der Waals surface area (Å²) >= 11 is 0. The van der Waals surface area contributed by atoms with Crippen LogP contribution < -0.4 is 5.32 Å². The van der Waals surface area contributed by atoms with Gasteiger partial charge < -0.3 is 38.5 Å². The maximum atomic E-state index is 12.7. The number of esters is 5. The Morgan fingerprint density at radius 1 is 0.917 bits per heavy atom. The monoisotopic (exact) mass is 517 g/mol. The maximum Gasteiger partial charge on any atom is 0.366 e. The number of carbonyl (C=O) groups is 6. The van der Waals surface area contributed by atoms with Crippen LogP contribution in [0.15, 0.2) is 12.2 Å². The Hall–Kier alpha value is -3.52. The van der Waals surface area contributed by atoms with Gasteiger partial charge >= 0.3 is 29.8 Å². The first-order valence-electron chi connectivity index (χ1n) is 10.7. The molecule has 1 N–H and O–H groups in total. The molecule has 0 aromatic carbocycles. The molecule has 1 heterocycles. The van der Waals surface area contributed by atoms with Crippen LogP contribution in [0.5, 0.6) is 0 Å². The van der Waals surface area contributed by atoms with E-state index in [0.717, 1.165) is 54.3 Å². The first-order chi connectivity index (χ1) is 16.8. The van der Waals surface area contributed by atoms with E-state index in [0.29, 0.717) is 0 Å². The van der Waals surface area contributed by atoms with Gasteiger partial charge in [0.2, 0.25) is 5.91 Å². The standard InChI is InChI=1S/C22H31NO13/c1-11(24)23-18-16(34-13(3)26)10-22(32-7,21(29)31-6)36-20(18)19(35-14(4)27)15(33-12(2)25)8-9-17(28)30-5/h8-9,15-16,18-20H,10H2,1-7H3,(H,23,24)/b9-8+/t15-,16-,18-,19-,20?,22+/m1/s1. The van der Waals surface area contributed by atoms with Crippen LogP contribution in [0, 0.1) is 0 Å². The molecule has 0 radical (unpaired) electrons. The minimum Gasteiger partial charge on any atom is -0.466 e. The van der Waals surface area contributed by atoms with Gasteiger partial charge in [0.25, 0.3) is 5.79 Å². The molecule has 14 heteroatoms. The summed E-state index contributed by atoms with van der Waals surface area (Å²) in [6.07, 6.45) is -4.33. The van der Waals surface area contributed by atoms with Gasteiger partial charge in [0, 0.05) is 40.9 Å². The van der Waals surface area contributed by atoms with Gasteiger partial charge in [-0.25, -0.2) is 9.59 Å². The summed E-state index contributed by atoms with van der Waals surface area (Å²) in [4.78, 5) is 72.3. The first-order valence-corrected chi connectivity index (χ1v) is 10.7. The van der Waals surface area contributed by atoms with E-state index < -0.39 is 78.4 Å². The Bertz CT molecular complexity index is 885. The van der Waals surface area contributed by atoms with Crippen LogP contribution in [0.3, 0.4) is 0 Å². The summed E-state index contributed by atoms with van der Waals surface area (Å²) in [5.41, 5.74) is 0. The van der Waals surface area contributed by atoms with Crippen LogP contribution in [0.2, 0.25) is 0 Å². The Morgan fingerprint density at radius 3 is 1.97 bits per heavy atom. The van der Waals surface area contributed by atoms with E-state index in [1.54, 1.807) is 0 Å². The Balaban J connectivity index is 3.79. The number of carbonyl (C=O) groups excluding carboxylic acids is 6. The van der Waals surface area contributed by atoms with Crippen LogP contribution in [-0.2, 0) is 61.9 Å². The molecule has 1 saturated heterocycles. The smallest absolute Gasteiger partial charge is 0.366 e. The van der Waals surface area contributed by atoms with Gasteiger partial charge in [-0.1, -0.05) is 0 Å². The molecule has 1 rings (SSSR count). The number of hydrogen-bond donors (Lipinski definition) is 1. The van der Waals surface area contributed by atoms with E-state index in [1.165, 1.54) is 6.92 Å². The van der Waals surface area contributed by atoms with Gasteiger partial charge in [-0.05, 0) is 6.08 Å². The Labute approximate surface area is 207 Å². The number of amides is 1. The van der Waals surface area contributed by atoms with Crippen molar-refractivity contribution in [3.8, 4) is 0 Å². The molecular weight excluding hydrogens is 486 g/mol. The van der Waals surface area contributed by atoms with Crippen molar-refractivity contribution in [3.63, 3.8) is 0 Å². The Kier molecular flexibility index (Phi) is 11.5. The molecule has 0 aromatic heterocycles. The van der Waals surface area contributed by atoms with E-state index in [9.17, 15) is 28.8 Å². The van der Waals surface area contributed by atoms with Crippen molar-refractivity contribution in [2.75, 3.05) is 21.3 Å². The minimum absolute atomic E-state index is 0.416. The molecule has 0 spiro atoms. The van der Waals surface area contributed by atoms with Crippen molar-refractivity contribution < 1.29 is 61.9 Å². The second-order valence-corrected chi connectivity index (χ2v) is 7.64. The maximum absolute atomic E-state index is 12.7. The third-order valence-corrected chi connectivity index (χ3v) is 4.94. The summed E-state index contributed by atoms with van der Waals surface area (Å²) in [7, 11) is 3.30. The molecule has 14 nitrogen and oxygen atoms in total. The number of rotatable bonds is 10.